The van der Waals surface area contributed by atoms with Crippen LogP contribution in [-0.2, 0) is 11.3 Å². The number of benzene rings is 1. The molecule has 98 valence electrons. The van der Waals surface area contributed by atoms with Gasteiger partial charge in [0.05, 0.1) is 5.48 Å². The van der Waals surface area contributed by atoms with Crippen molar-refractivity contribution < 1.29 is 17.8 Å². The van der Waals surface area contributed by atoms with Gasteiger partial charge in [0, 0.05) is 31.8 Å². The predicted octanol–water partition coefficient (Wildman–Crippen LogP) is 1.02. The fraction of sp³-hybridized carbons (Fsp3) is 0.286. The van der Waals surface area contributed by atoms with Gasteiger partial charge in [0.2, 0.25) is 5.91 Å². The van der Waals surface area contributed by atoms with Crippen LogP contribution in [0.25, 0.3) is 0 Å². The molecule has 0 spiro atoms. The molecule has 3 rings (SSSR count). The van der Waals surface area contributed by atoms with Gasteiger partial charge in [-0.3, -0.25) is 9.59 Å². The summed E-state index contributed by atoms with van der Waals surface area (Å²) in [5.41, 5.74) is 5.50. The molecule has 2 amide bonds. The molecular formula is C14H15N3O2. The summed E-state index contributed by atoms with van der Waals surface area (Å²) in [5.74, 6) is -1.97. The summed E-state index contributed by atoms with van der Waals surface area (Å²) in [6.07, 6.45) is -2.77. The number of hydrogen-bond donors (Lipinski definition) is 2. The number of amides is 2. The van der Waals surface area contributed by atoms with Crippen LogP contribution in [0.2, 0.25) is 0 Å². The lowest BCUT2D eigenvalue weighted by molar-refractivity contribution is -0.126. The van der Waals surface area contributed by atoms with Crippen molar-refractivity contribution in [1.29, 1.82) is 0 Å². The second-order valence-corrected chi connectivity index (χ2v) is 4.29. The van der Waals surface area contributed by atoms with Crippen molar-refractivity contribution >= 4 is 17.5 Å². The number of nitrogen functional groups attached to an aromatic ring is 1. The molecule has 2 aliphatic heterocycles. The van der Waals surface area contributed by atoms with Crippen molar-refractivity contribution in [3.63, 3.8) is 0 Å². The normalized spacial score (nSPS) is 33.5. The molecule has 1 saturated heterocycles. The van der Waals surface area contributed by atoms with Crippen LogP contribution in [0.4, 0.5) is 5.69 Å². The number of fused-ring (bicyclic) bond motifs is 1. The Morgan fingerprint density at radius 2 is 2.37 bits per heavy atom. The molecule has 5 nitrogen and oxygen atoms in total. The molecule has 2 aliphatic rings. The summed E-state index contributed by atoms with van der Waals surface area (Å²) >= 11 is 0. The zero-order valence-electron chi connectivity index (χ0n) is 16.0. The number of allylic oxidation sites excluding steroid dienone is 1. The monoisotopic (exact) mass is 263 g/mol. The third-order valence-electron chi connectivity index (χ3n) is 3.03. The van der Waals surface area contributed by atoms with Gasteiger partial charge in [-0.15, -0.1) is 0 Å². The average molecular weight is 263 g/mol. The molecule has 0 saturated carbocycles. The van der Waals surface area contributed by atoms with Crippen LogP contribution < -0.4 is 11.1 Å². The van der Waals surface area contributed by atoms with Crippen molar-refractivity contribution in [2.45, 2.75) is 25.4 Å². The first-order valence-electron chi connectivity index (χ1n) is 8.62. The Balaban J connectivity index is 2.17. The highest BCUT2D eigenvalue weighted by atomic mass is 16.2. The van der Waals surface area contributed by atoms with Gasteiger partial charge in [0.15, 0.2) is 0 Å². The number of nitrogens with zero attached hydrogens (tertiary/aromatic N) is 1. The first kappa shape index (κ1) is 6.75. The van der Waals surface area contributed by atoms with E-state index in [0.29, 0.717) is 4.90 Å². The Morgan fingerprint density at radius 3 is 3.11 bits per heavy atom. The Bertz CT molecular complexity index is 856. The Kier molecular flexibility index (Phi) is 1.46. The van der Waals surface area contributed by atoms with Crippen LogP contribution in [0.5, 0.6) is 0 Å². The highest BCUT2D eigenvalue weighted by Gasteiger charge is 2.38. The number of nitrogens with one attached hydrogen (secondary N) is 1. The number of anilines is 1. The number of nitrogens with two attached hydrogens (primary N) is 1. The van der Waals surface area contributed by atoms with E-state index < -0.39 is 42.3 Å². The fourth-order valence-corrected chi connectivity index (χ4v) is 2.09. The molecule has 0 radical (unpaired) electrons. The Morgan fingerprint density at radius 1 is 1.58 bits per heavy atom. The molecule has 0 bridgehead atoms. The summed E-state index contributed by atoms with van der Waals surface area (Å²) in [7, 11) is 0. The molecule has 19 heavy (non-hydrogen) atoms. The molecule has 2 heterocycles. The van der Waals surface area contributed by atoms with Crippen LogP contribution in [0.15, 0.2) is 30.4 Å². The van der Waals surface area contributed by atoms with Crippen LogP contribution in [-0.4, -0.2) is 22.7 Å². The maximum Gasteiger partial charge on any atom is 0.255 e. The molecule has 1 atom stereocenters. The SMILES string of the molecule is [2H]c1c([2H])c(N)c2c(c1[2H])C(=O)N([C@]1([2H])C(=O)NC(=C)CC1([2H])[2H])C2. The minimum atomic E-state index is -2.59. The molecule has 1 fully saturated rings. The first-order chi connectivity index (χ1) is 11.4. The zero-order valence-corrected chi connectivity index (χ0v) is 9.96. The minimum absolute atomic E-state index is 0.0654. The third kappa shape index (κ3) is 1.78. The van der Waals surface area contributed by atoms with E-state index in [1.54, 1.807) is 0 Å². The number of carbonyl (C=O) groups is 2. The maximum atomic E-state index is 12.8. The van der Waals surface area contributed by atoms with Gasteiger partial charge in [-0.05, 0) is 24.9 Å². The van der Waals surface area contributed by atoms with Gasteiger partial charge in [-0.2, -0.15) is 0 Å². The second kappa shape index (κ2) is 4.12. The Hall–Kier alpha value is -2.30. The van der Waals surface area contributed by atoms with Crippen molar-refractivity contribution in [3.05, 3.63) is 41.5 Å². The molecule has 5 heteroatoms. The van der Waals surface area contributed by atoms with Crippen molar-refractivity contribution in [2.75, 3.05) is 5.73 Å². The van der Waals surface area contributed by atoms with E-state index in [2.05, 4.69) is 11.9 Å². The van der Waals surface area contributed by atoms with Gasteiger partial charge >= 0.3 is 0 Å². The number of carbonyl (C=O) groups excluding carboxylic acids is 2. The summed E-state index contributed by atoms with van der Waals surface area (Å²) in [6.45, 7) is 3.12. The summed E-state index contributed by atoms with van der Waals surface area (Å²) < 4.78 is 48.0. The van der Waals surface area contributed by atoms with Crippen LogP contribution in [0.1, 0.15) is 36.9 Å². The van der Waals surface area contributed by atoms with E-state index in [-0.39, 0.29) is 35.5 Å². The van der Waals surface area contributed by atoms with E-state index in [1.807, 2.05) is 0 Å². The quantitative estimate of drug-likeness (QED) is 0.743. The minimum Gasteiger partial charge on any atom is -0.398 e. The molecule has 0 unspecified atom stereocenters. The average Bonchev–Trinajstić information content (AvgIpc) is 2.86. The van der Waals surface area contributed by atoms with Crippen LogP contribution >= 0.6 is 0 Å². The molecule has 0 aromatic heterocycles. The Labute approximate surface area is 119 Å². The smallest absolute Gasteiger partial charge is 0.255 e. The lowest BCUT2D eigenvalue weighted by atomic mass is 10.0. The van der Waals surface area contributed by atoms with E-state index in [0.717, 1.165) is 0 Å². The zero-order chi connectivity index (χ0) is 18.9. The van der Waals surface area contributed by atoms with E-state index in [4.69, 9.17) is 14.0 Å². The predicted molar refractivity (Wildman–Crippen MR) is 71.0 cm³/mol. The van der Waals surface area contributed by atoms with Crippen LogP contribution in [0.3, 0.4) is 0 Å². The number of piperidine rings is 1. The summed E-state index contributed by atoms with van der Waals surface area (Å²) in [5, 5.41) is 2.29. The van der Waals surface area contributed by atoms with E-state index >= 15 is 0 Å². The number of hydrogen-bond acceptors (Lipinski definition) is 3. The van der Waals surface area contributed by atoms with Crippen molar-refractivity contribution in [1.82, 2.24) is 10.2 Å². The lowest BCUT2D eigenvalue weighted by Gasteiger charge is -2.30. The molecule has 1 aromatic rings. The van der Waals surface area contributed by atoms with Gasteiger partial charge in [0.25, 0.3) is 5.91 Å². The summed E-state index contributed by atoms with van der Waals surface area (Å²) in [4.78, 5) is 25.9. The largest absolute Gasteiger partial charge is 0.398 e. The van der Waals surface area contributed by atoms with Gasteiger partial charge in [0.1, 0.15) is 6.02 Å². The van der Waals surface area contributed by atoms with E-state index in [9.17, 15) is 9.59 Å². The van der Waals surface area contributed by atoms with Crippen molar-refractivity contribution in [3.8, 4) is 0 Å². The van der Waals surface area contributed by atoms with Gasteiger partial charge in [-0.1, -0.05) is 12.6 Å². The highest BCUT2D eigenvalue weighted by molar-refractivity contribution is 6.02. The molecule has 3 N–H and O–H groups in total. The molecule has 0 aliphatic carbocycles. The fourth-order valence-electron chi connectivity index (χ4n) is 2.09. The standard InChI is InChI=1S/C14H15N3O2/c1-8-5-6-12(13(18)16-8)17-7-10-9(14(17)19)3-2-4-11(10)15/h2-4,12H,1,5-7,15H2,(H,16,18)/t12-/m0/s1/i2D,3D,4D,6D2,12D. The van der Waals surface area contributed by atoms with Crippen molar-refractivity contribution in [2.24, 2.45) is 0 Å². The lowest BCUT2D eigenvalue weighted by Crippen LogP contribution is -2.49. The highest BCUT2D eigenvalue weighted by Crippen LogP contribution is 2.31. The second-order valence-electron chi connectivity index (χ2n) is 4.29. The topological polar surface area (TPSA) is 75.4 Å². The first-order valence-corrected chi connectivity index (χ1v) is 5.62. The molecule has 1 aromatic carbocycles. The maximum absolute atomic E-state index is 12.8. The number of rotatable bonds is 1. The van der Waals surface area contributed by atoms with Gasteiger partial charge < -0.3 is 16.0 Å². The molecular weight excluding hydrogens is 242 g/mol. The third-order valence-corrected chi connectivity index (χ3v) is 3.03. The van der Waals surface area contributed by atoms with Gasteiger partial charge in [-0.25, -0.2) is 0 Å². The van der Waals surface area contributed by atoms with Crippen LogP contribution in [0, 0.1) is 0 Å². The summed E-state index contributed by atoms with van der Waals surface area (Å²) in [6, 6.07) is -4.06. The van der Waals surface area contributed by atoms with E-state index in [1.165, 1.54) is 0 Å².